The Morgan fingerprint density at radius 1 is 0.794 bits per heavy atom. The van der Waals surface area contributed by atoms with Crippen LogP contribution in [0.3, 0.4) is 0 Å². The number of para-hydroxylation sites is 2. The normalized spacial score (nSPS) is 10.0. The van der Waals surface area contributed by atoms with Gasteiger partial charge in [-0.1, -0.05) is 42.5 Å². The minimum atomic E-state index is -0.451. The number of carbonyl (C=O) groups excluding carboxylic acids is 2. The first-order valence-corrected chi connectivity index (χ1v) is 10.9. The van der Waals surface area contributed by atoms with Gasteiger partial charge in [-0.15, -0.1) is 0 Å². The van der Waals surface area contributed by atoms with Crippen molar-refractivity contribution in [1.82, 2.24) is 16.2 Å². The van der Waals surface area contributed by atoms with Gasteiger partial charge >= 0.3 is 0 Å². The van der Waals surface area contributed by atoms with Crippen LogP contribution < -0.4 is 30.4 Å². The highest BCUT2D eigenvalue weighted by Gasteiger charge is 2.10. The summed E-state index contributed by atoms with van der Waals surface area (Å²) < 4.78 is 16.7. The maximum atomic E-state index is 12.5. The van der Waals surface area contributed by atoms with Gasteiger partial charge in [-0.05, 0) is 61.1 Å². The number of hydrogen-bond acceptors (Lipinski definition) is 6. The molecule has 0 radical (unpaired) electrons. The Hall–Kier alpha value is -4.11. The molecule has 0 fully saturated rings. The summed E-state index contributed by atoms with van der Waals surface area (Å²) in [6.45, 7) is 2.36. The Bertz CT molecular complexity index is 1120. The summed E-state index contributed by atoms with van der Waals surface area (Å²) >= 11 is 5.07. The van der Waals surface area contributed by atoms with Gasteiger partial charge in [-0.25, -0.2) is 0 Å². The number of nitrogens with one attached hydrogen (secondary N) is 3. The summed E-state index contributed by atoms with van der Waals surface area (Å²) in [5.41, 5.74) is 6.12. The van der Waals surface area contributed by atoms with E-state index in [1.165, 1.54) is 0 Å². The second kappa shape index (κ2) is 12.8. The number of rotatable bonds is 9. The van der Waals surface area contributed by atoms with E-state index in [-0.39, 0.29) is 11.7 Å². The summed E-state index contributed by atoms with van der Waals surface area (Å²) in [5.74, 6) is 0.989. The molecule has 0 aliphatic carbocycles. The van der Waals surface area contributed by atoms with Gasteiger partial charge in [-0.3, -0.25) is 25.8 Å². The minimum absolute atomic E-state index is 0.0585. The summed E-state index contributed by atoms with van der Waals surface area (Å²) in [7, 11) is 0. The number of thiocarbonyl (C=S) groups is 1. The third kappa shape index (κ3) is 8.10. The maximum Gasteiger partial charge on any atom is 0.276 e. The van der Waals surface area contributed by atoms with Crippen LogP contribution in [0, 0.1) is 6.92 Å². The van der Waals surface area contributed by atoms with Crippen LogP contribution in [-0.4, -0.2) is 36.7 Å². The quantitative estimate of drug-likeness (QED) is 0.246. The average molecular weight is 480 g/mol. The van der Waals surface area contributed by atoms with E-state index >= 15 is 0 Å². The van der Waals surface area contributed by atoms with Crippen LogP contribution >= 0.6 is 12.2 Å². The molecule has 0 aliphatic rings. The first-order chi connectivity index (χ1) is 16.5. The molecular weight excluding hydrogens is 454 g/mol. The van der Waals surface area contributed by atoms with E-state index in [9.17, 15) is 9.59 Å². The Labute approximate surface area is 203 Å². The van der Waals surface area contributed by atoms with Gasteiger partial charge in [0.05, 0.1) is 0 Å². The largest absolute Gasteiger partial charge is 0.490 e. The molecule has 8 nitrogen and oxygen atoms in total. The predicted octanol–water partition coefficient (Wildman–Crippen LogP) is 3.17. The number of hydrogen-bond donors (Lipinski definition) is 3. The van der Waals surface area contributed by atoms with Gasteiger partial charge in [0.25, 0.3) is 11.8 Å². The summed E-state index contributed by atoms with van der Waals surface area (Å²) in [6.07, 6.45) is 0. The fraction of sp³-hybridized carbons (Fsp3) is 0.160. The van der Waals surface area contributed by atoms with Crippen molar-refractivity contribution in [3.63, 3.8) is 0 Å². The summed E-state index contributed by atoms with van der Waals surface area (Å²) in [4.78, 5) is 24.4. The van der Waals surface area contributed by atoms with Crippen molar-refractivity contribution in [2.45, 2.75) is 6.92 Å². The molecule has 0 saturated heterocycles. The average Bonchev–Trinajstić information content (AvgIpc) is 2.85. The van der Waals surface area contributed by atoms with Gasteiger partial charge in [0.15, 0.2) is 11.7 Å². The molecule has 0 unspecified atom stereocenters. The number of carbonyl (C=O) groups is 2. The monoisotopic (exact) mass is 479 g/mol. The third-order valence-electron chi connectivity index (χ3n) is 4.46. The summed E-state index contributed by atoms with van der Waals surface area (Å²) in [6, 6.07) is 23.4. The number of aryl methyl sites for hydroxylation is 1. The smallest absolute Gasteiger partial charge is 0.276 e. The molecule has 34 heavy (non-hydrogen) atoms. The molecule has 3 rings (SSSR count). The fourth-order valence-corrected chi connectivity index (χ4v) is 2.94. The third-order valence-corrected chi connectivity index (χ3v) is 4.66. The van der Waals surface area contributed by atoms with E-state index in [0.717, 1.165) is 11.3 Å². The SMILES string of the molecule is Cc1ccccc1OCC(=O)NNC(=S)NC(=O)c1cccc(OCCOc2ccccc2)c1. The molecule has 3 aromatic carbocycles. The Balaban J connectivity index is 1.38. The molecule has 0 saturated carbocycles. The van der Waals surface area contributed by atoms with Crippen molar-refractivity contribution in [2.24, 2.45) is 0 Å². The zero-order chi connectivity index (χ0) is 24.2. The van der Waals surface area contributed by atoms with Crippen LogP contribution in [-0.2, 0) is 4.79 Å². The Morgan fingerprint density at radius 3 is 2.24 bits per heavy atom. The first kappa shape index (κ1) is 24.5. The lowest BCUT2D eigenvalue weighted by atomic mass is 10.2. The van der Waals surface area contributed by atoms with Crippen molar-refractivity contribution in [1.29, 1.82) is 0 Å². The topological polar surface area (TPSA) is 97.9 Å². The van der Waals surface area contributed by atoms with Gasteiger partial charge in [0.1, 0.15) is 30.5 Å². The molecule has 2 amide bonds. The van der Waals surface area contributed by atoms with Crippen LogP contribution in [0.5, 0.6) is 17.2 Å². The molecule has 0 spiro atoms. The van der Waals surface area contributed by atoms with Gasteiger partial charge < -0.3 is 14.2 Å². The maximum absolute atomic E-state index is 12.5. The first-order valence-electron chi connectivity index (χ1n) is 10.5. The Morgan fingerprint density at radius 2 is 1.47 bits per heavy atom. The van der Waals surface area contributed by atoms with E-state index in [2.05, 4.69) is 16.2 Å². The van der Waals surface area contributed by atoms with Crippen molar-refractivity contribution < 1.29 is 23.8 Å². The Kier molecular flexibility index (Phi) is 9.24. The van der Waals surface area contributed by atoms with Gasteiger partial charge in [0, 0.05) is 5.56 Å². The van der Waals surface area contributed by atoms with Crippen LogP contribution in [0.4, 0.5) is 0 Å². The number of benzene rings is 3. The van der Waals surface area contributed by atoms with Crippen LogP contribution in [0.15, 0.2) is 78.9 Å². The minimum Gasteiger partial charge on any atom is -0.490 e. The zero-order valence-corrected chi connectivity index (χ0v) is 19.4. The molecule has 0 bridgehead atoms. The fourth-order valence-electron chi connectivity index (χ4n) is 2.79. The van der Waals surface area contributed by atoms with Crippen LogP contribution in [0.1, 0.15) is 15.9 Å². The lowest BCUT2D eigenvalue weighted by Crippen LogP contribution is -2.49. The van der Waals surface area contributed by atoms with E-state index in [1.54, 1.807) is 30.3 Å². The second-order valence-corrected chi connectivity index (χ2v) is 7.46. The number of ether oxygens (including phenoxy) is 3. The number of hydrazine groups is 1. The van der Waals surface area contributed by atoms with Crippen molar-refractivity contribution in [3.8, 4) is 17.2 Å². The molecule has 0 aromatic heterocycles. The lowest BCUT2D eigenvalue weighted by Gasteiger charge is -2.13. The molecule has 3 N–H and O–H groups in total. The zero-order valence-electron chi connectivity index (χ0n) is 18.6. The molecule has 9 heteroatoms. The molecule has 3 aromatic rings. The van der Waals surface area contributed by atoms with Gasteiger partial charge in [-0.2, -0.15) is 0 Å². The highest BCUT2D eigenvalue weighted by atomic mass is 32.1. The lowest BCUT2D eigenvalue weighted by molar-refractivity contribution is -0.123. The molecule has 0 atom stereocenters. The standard InChI is InChI=1S/C25H25N3O5S/c1-18-8-5-6-13-22(18)33-17-23(29)27-28-25(34)26-24(30)19-9-7-12-21(16-19)32-15-14-31-20-10-3-2-4-11-20/h2-13,16H,14-15,17H2,1H3,(H,27,29)(H2,26,28,30,34). The van der Waals surface area contributed by atoms with Crippen molar-refractivity contribution >= 4 is 29.1 Å². The molecule has 176 valence electrons. The van der Waals surface area contributed by atoms with Crippen LogP contribution in [0.2, 0.25) is 0 Å². The number of amides is 2. The molecule has 0 aliphatic heterocycles. The molecular formula is C25H25N3O5S. The highest BCUT2D eigenvalue weighted by molar-refractivity contribution is 7.80. The van der Waals surface area contributed by atoms with E-state index in [0.29, 0.717) is 30.3 Å². The van der Waals surface area contributed by atoms with E-state index in [4.69, 9.17) is 26.4 Å². The van der Waals surface area contributed by atoms with Crippen molar-refractivity contribution in [2.75, 3.05) is 19.8 Å². The van der Waals surface area contributed by atoms with Gasteiger partial charge in [0.2, 0.25) is 0 Å². The predicted molar refractivity (Wildman–Crippen MR) is 132 cm³/mol. The second-order valence-electron chi connectivity index (χ2n) is 7.05. The van der Waals surface area contributed by atoms with E-state index in [1.807, 2.05) is 55.5 Å². The van der Waals surface area contributed by atoms with Crippen LogP contribution in [0.25, 0.3) is 0 Å². The summed E-state index contributed by atoms with van der Waals surface area (Å²) in [5, 5.41) is 2.44. The van der Waals surface area contributed by atoms with E-state index < -0.39 is 11.8 Å². The highest BCUT2D eigenvalue weighted by Crippen LogP contribution is 2.16. The van der Waals surface area contributed by atoms with Crippen molar-refractivity contribution in [3.05, 3.63) is 90.0 Å². The molecule has 0 heterocycles.